The average molecular weight is 315 g/mol. The highest BCUT2D eigenvalue weighted by molar-refractivity contribution is 7.99. The van der Waals surface area contributed by atoms with Gasteiger partial charge in [-0.1, -0.05) is 5.57 Å². The average Bonchev–Trinajstić information content (AvgIpc) is 2.97. The monoisotopic (exact) mass is 315 g/mol. The molecule has 0 aliphatic carbocycles. The normalized spacial score (nSPS) is 16.8. The second kappa shape index (κ2) is 7.14. The van der Waals surface area contributed by atoms with E-state index in [0.29, 0.717) is 22.9 Å². The Labute approximate surface area is 134 Å². The molecular weight excluding hydrogens is 298 g/mol. The molecule has 2 amide bonds. The highest BCUT2D eigenvalue weighted by Gasteiger charge is 2.33. The van der Waals surface area contributed by atoms with Crippen molar-refractivity contribution < 1.29 is 9.59 Å². The maximum Gasteiger partial charge on any atom is 0.248 e. The lowest BCUT2D eigenvalue weighted by atomic mass is 10.2. The number of hydrogen-bond acceptors (Lipinski definition) is 4. The van der Waals surface area contributed by atoms with Crippen LogP contribution in [0.2, 0.25) is 0 Å². The Morgan fingerprint density at radius 2 is 2.05 bits per heavy atom. The smallest absolute Gasteiger partial charge is 0.248 e. The van der Waals surface area contributed by atoms with Crippen molar-refractivity contribution in [1.82, 2.24) is 4.90 Å². The van der Waals surface area contributed by atoms with Crippen molar-refractivity contribution in [2.75, 3.05) is 16.9 Å². The Bertz CT molecular complexity index is 642. The van der Waals surface area contributed by atoms with Crippen molar-refractivity contribution in [3.8, 4) is 6.07 Å². The van der Waals surface area contributed by atoms with Crippen molar-refractivity contribution in [2.45, 2.75) is 19.9 Å². The molecule has 1 aromatic rings. The number of rotatable bonds is 3. The summed E-state index contributed by atoms with van der Waals surface area (Å²) in [6.45, 7) is 3.71. The van der Waals surface area contributed by atoms with Crippen LogP contribution in [-0.2, 0) is 9.59 Å². The first kappa shape index (κ1) is 16.1. The highest BCUT2D eigenvalue weighted by Crippen LogP contribution is 2.23. The zero-order valence-corrected chi connectivity index (χ0v) is 13.3. The van der Waals surface area contributed by atoms with Gasteiger partial charge in [0.05, 0.1) is 17.5 Å². The zero-order chi connectivity index (χ0) is 16.1. The van der Waals surface area contributed by atoms with Gasteiger partial charge in [0.25, 0.3) is 0 Å². The van der Waals surface area contributed by atoms with Gasteiger partial charge in [-0.15, -0.1) is 11.8 Å². The third-order valence-corrected chi connectivity index (χ3v) is 4.17. The van der Waals surface area contributed by atoms with E-state index in [9.17, 15) is 9.59 Å². The minimum atomic E-state index is -0.469. The van der Waals surface area contributed by atoms with Gasteiger partial charge in [0.2, 0.25) is 11.8 Å². The van der Waals surface area contributed by atoms with E-state index in [4.69, 9.17) is 5.26 Å². The topological polar surface area (TPSA) is 73.2 Å². The lowest BCUT2D eigenvalue weighted by Crippen LogP contribution is -2.44. The maximum absolute atomic E-state index is 12.4. The van der Waals surface area contributed by atoms with Gasteiger partial charge in [-0.25, -0.2) is 0 Å². The quantitative estimate of drug-likeness (QED) is 0.869. The number of amides is 2. The molecule has 1 aliphatic rings. The summed E-state index contributed by atoms with van der Waals surface area (Å²) in [5.41, 5.74) is 2.07. The largest absolute Gasteiger partial charge is 0.324 e. The molecule has 1 aliphatic heterocycles. The Morgan fingerprint density at radius 3 is 2.64 bits per heavy atom. The lowest BCUT2D eigenvalue weighted by Gasteiger charge is -2.22. The van der Waals surface area contributed by atoms with Crippen LogP contribution in [0.25, 0.3) is 0 Å². The standard InChI is InChI=1S/C16H17N3O2S/c1-11(2)7-15(20)19-10-22-9-14(19)16(21)18-13-5-3-12(8-17)4-6-13/h3-7,14H,9-10H2,1-2H3,(H,18,21)/t14-/m0/s1. The number of benzene rings is 1. The molecule has 0 radical (unpaired) electrons. The summed E-state index contributed by atoms with van der Waals surface area (Å²) < 4.78 is 0. The van der Waals surface area contributed by atoms with E-state index in [0.717, 1.165) is 5.57 Å². The molecule has 1 fully saturated rings. The summed E-state index contributed by atoms with van der Waals surface area (Å²) in [4.78, 5) is 26.1. The minimum absolute atomic E-state index is 0.134. The van der Waals surface area contributed by atoms with Crippen LogP contribution in [0, 0.1) is 11.3 Å². The third-order valence-electron chi connectivity index (χ3n) is 3.16. The fourth-order valence-electron chi connectivity index (χ4n) is 2.06. The molecule has 1 N–H and O–H groups in total. The second-order valence-electron chi connectivity index (χ2n) is 5.22. The molecule has 0 bridgehead atoms. The van der Waals surface area contributed by atoms with Crippen molar-refractivity contribution in [2.24, 2.45) is 0 Å². The second-order valence-corrected chi connectivity index (χ2v) is 6.22. The van der Waals surface area contributed by atoms with Gasteiger partial charge in [0.1, 0.15) is 6.04 Å². The molecule has 0 spiro atoms. The van der Waals surface area contributed by atoms with Crippen LogP contribution >= 0.6 is 11.8 Å². The molecule has 0 aromatic heterocycles. The van der Waals surface area contributed by atoms with E-state index >= 15 is 0 Å². The molecule has 114 valence electrons. The number of nitriles is 1. The number of carbonyl (C=O) groups excluding carboxylic acids is 2. The van der Waals surface area contributed by atoms with E-state index in [-0.39, 0.29) is 11.8 Å². The zero-order valence-electron chi connectivity index (χ0n) is 12.5. The number of nitrogens with one attached hydrogen (secondary N) is 1. The molecule has 5 nitrogen and oxygen atoms in total. The summed E-state index contributed by atoms with van der Waals surface area (Å²) >= 11 is 1.56. The SMILES string of the molecule is CC(C)=CC(=O)N1CSC[C@H]1C(=O)Nc1ccc(C#N)cc1. The van der Waals surface area contributed by atoms with Gasteiger partial charge in [-0.2, -0.15) is 5.26 Å². The Morgan fingerprint density at radius 1 is 1.36 bits per heavy atom. The molecule has 22 heavy (non-hydrogen) atoms. The Hall–Kier alpha value is -2.26. The van der Waals surface area contributed by atoms with Crippen LogP contribution in [0.3, 0.4) is 0 Å². The van der Waals surface area contributed by atoms with Gasteiger partial charge < -0.3 is 10.2 Å². The van der Waals surface area contributed by atoms with E-state index in [2.05, 4.69) is 5.32 Å². The predicted molar refractivity (Wildman–Crippen MR) is 87.2 cm³/mol. The Kier molecular flexibility index (Phi) is 5.23. The summed E-state index contributed by atoms with van der Waals surface area (Å²) in [5, 5.41) is 11.6. The molecule has 1 aromatic carbocycles. The van der Waals surface area contributed by atoms with Crippen LogP contribution in [0.5, 0.6) is 0 Å². The molecule has 1 heterocycles. The van der Waals surface area contributed by atoms with Crippen molar-refractivity contribution in [3.05, 3.63) is 41.5 Å². The van der Waals surface area contributed by atoms with Crippen LogP contribution < -0.4 is 5.32 Å². The van der Waals surface area contributed by atoms with E-state index < -0.39 is 6.04 Å². The van der Waals surface area contributed by atoms with Gasteiger partial charge in [-0.3, -0.25) is 9.59 Å². The number of thioether (sulfide) groups is 1. The first-order valence-corrected chi connectivity index (χ1v) is 8.01. The van der Waals surface area contributed by atoms with Gasteiger partial charge in [-0.05, 0) is 38.1 Å². The van der Waals surface area contributed by atoms with E-state index in [1.54, 1.807) is 47.0 Å². The van der Waals surface area contributed by atoms with Crippen molar-refractivity contribution in [3.63, 3.8) is 0 Å². The summed E-state index contributed by atoms with van der Waals surface area (Å²) in [7, 11) is 0. The molecule has 1 atom stereocenters. The number of nitrogens with zero attached hydrogens (tertiary/aromatic N) is 2. The molecule has 0 saturated carbocycles. The van der Waals surface area contributed by atoms with Crippen molar-refractivity contribution in [1.29, 1.82) is 5.26 Å². The fourth-order valence-corrected chi connectivity index (χ4v) is 3.22. The third kappa shape index (κ3) is 3.89. The van der Waals surface area contributed by atoms with Crippen LogP contribution in [0.15, 0.2) is 35.9 Å². The summed E-state index contributed by atoms with van der Waals surface area (Å²) in [6, 6.07) is 8.21. The van der Waals surface area contributed by atoms with Crippen molar-refractivity contribution >= 4 is 29.3 Å². The summed E-state index contributed by atoms with van der Waals surface area (Å²) in [6.07, 6.45) is 1.55. The van der Waals surface area contributed by atoms with Crippen LogP contribution in [-0.4, -0.2) is 34.4 Å². The number of carbonyl (C=O) groups is 2. The molecule has 6 heteroatoms. The fraction of sp³-hybridized carbons (Fsp3) is 0.312. The number of allylic oxidation sites excluding steroid dienone is 1. The maximum atomic E-state index is 12.4. The lowest BCUT2D eigenvalue weighted by molar-refractivity contribution is -0.132. The number of hydrogen-bond donors (Lipinski definition) is 1. The van der Waals surface area contributed by atoms with Crippen LogP contribution in [0.1, 0.15) is 19.4 Å². The van der Waals surface area contributed by atoms with Gasteiger partial charge in [0.15, 0.2) is 0 Å². The van der Waals surface area contributed by atoms with Crippen LogP contribution in [0.4, 0.5) is 5.69 Å². The highest BCUT2D eigenvalue weighted by atomic mass is 32.2. The minimum Gasteiger partial charge on any atom is -0.324 e. The molecule has 0 unspecified atom stereocenters. The van der Waals surface area contributed by atoms with Gasteiger partial charge in [0, 0.05) is 17.5 Å². The first-order chi connectivity index (χ1) is 10.5. The Balaban J connectivity index is 2.06. The predicted octanol–water partition coefficient (Wildman–Crippen LogP) is 2.36. The molecule has 1 saturated heterocycles. The number of anilines is 1. The first-order valence-electron chi connectivity index (χ1n) is 6.85. The van der Waals surface area contributed by atoms with E-state index in [1.165, 1.54) is 0 Å². The van der Waals surface area contributed by atoms with Gasteiger partial charge >= 0.3 is 0 Å². The molecule has 2 rings (SSSR count). The summed E-state index contributed by atoms with van der Waals surface area (Å²) in [5.74, 6) is 0.772. The molecular formula is C16H17N3O2S. The van der Waals surface area contributed by atoms with E-state index in [1.807, 2.05) is 19.9 Å².